The molecule has 2 aliphatic rings. The van der Waals surface area contributed by atoms with E-state index < -0.39 is 0 Å². The van der Waals surface area contributed by atoms with Crippen molar-refractivity contribution in [1.29, 1.82) is 0 Å². The molecular weight excluding hydrogens is 236 g/mol. The van der Waals surface area contributed by atoms with Crippen LogP contribution in [0.25, 0.3) is 0 Å². The number of rotatable bonds is 4. The first kappa shape index (κ1) is 15.3. The van der Waals surface area contributed by atoms with Gasteiger partial charge in [0.15, 0.2) is 0 Å². The van der Waals surface area contributed by atoms with Gasteiger partial charge in [-0.1, -0.05) is 20.3 Å². The van der Waals surface area contributed by atoms with Gasteiger partial charge in [-0.2, -0.15) is 0 Å². The lowest BCUT2D eigenvalue weighted by molar-refractivity contribution is 0.143. The molecule has 0 radical (unpaired) electrons. The summed E-state index contributed by atoms with van der Waals surface area (Å²) >= 11 is 0. The molecule has 1 aliphatic heterocycles. The number of likely N-dealkylation sites (tertiary alicyclic amines) is 1. The van der Waals surface area contributed by atoms with Gasteiger partial charge in [0.1, 0.15) is 0 Å². The summed E-state index contributed by atoms with van der Waals surface area (Å²) in [5, 5.41) is 9.51. The van der Waals surface area contributed by atoms with E-state index >= 15 is 0 Å². The van der Waals surface area contributed by atoms with Crippen LogP contribution in [0.4, 0.5) is 0 Å². The van der Waals surface area contributed by atoms with Crippen molar-refractivity contribution in [1.82, 2.24) is 4.90 Å². The van der Waals surface area contributed by atoms with E-state index in [2.05, 4.69) is 18.7 Å². The Balaban J connectivity index is 1.79. The van der Waals surface area contributed by atoms with Crippen molar-refractivity contribution in [2.75, 3.05) is 26.2 Å². The minimum absolute atomic E-state index is 0.157. The molecule has 0 bridgehead atoms. The number of aliphatic hydroxyl groups excluding tert-OH is 1. The van der Waals surface area contributed by atoms with E-state index in [-0.39, 0.29) is 12.1 Å². The first-order valence-corrected chi connectivity index (χ1v) is 8.07. The molecule has 1 aliphatic carbocycles. The molecule has 112 valence electrons. The summed E-state index contributed by atoms with van der Waals surface area (Å²) in [6.07, 6.45) is 8.55. The molecule has 0 spiro atoms. The highest BCUT2D eigenvalue weighted by molar-refractivity contribution is 4.96. The molecule has 0 aromatic rings. The molecule has 0 aromatic heterocycles. The van der Waals surface area contributed by atoms with Crippen molar-refractivity contribution in [3.8, 4) is 0 Å². The summed E-state index contributed by atoms with van der Waals surface area (Å²) in [6, 6.07) is 0. The van der Waals surface area contributed by atoms with E-state index in [1.54, 1.807) is 0 Å². The van der Waals surface area contributed by atoms with Gasteiger partial charge in [0.2, 0.25) is 0 Å². The summed E-state index contributed by atoms with van der Waals surface area (Å²) in [5.41, 5.74) is 6.56. The van der Waals surface area contributed by atoms with Gasteiger partial charge < -0.3 is 15.7 Å². The Labute approximate surface area is 118 Å². The highest BCUT2D eigenvalue weighted by atomic mass is 16.3. The van der Waals surface area contributed by atoms with Crippen LogP contribution in [0.1, 0.15) is 58.8 Å². The van der Waals surface area contributed by atoms with Crippen LogP contribution in [-0.4, -0.2) is 41.8 Å². The lowest BCUT2D eigenvalue weighted by atomic mass is 9.85. The van der Waals surface area contributed by atoms with E-state index in [1.165, 1.54) is 51.7 Å². The van der Waals surface area contributed by atoms with Crippen molar-refractivity contribution in [2.45, 2.75) is 64.3 Å². The maximum atomic E-state index is 9.51. The van der Waals surface area contributed by atoms with Crippen molar-refractivity contribution >= 4 is 0 Å². The Bertz CT molecular complexity index is 292. The third-order valence-corrected chi connectivity index (χ3v) is 5.53. The zero-order valence-electron chi connectivity index (χ0n) is 12.8. The van der Waals surface area contributed by atoms with Crippen molar-refractivity contribution < 1.29 is 5.11 Å². The minimum atomic E-state index is -0.287. The highest BCUT2D eigenvalue weighted by Crippen LogP contribution is 2.36. The van der Waals surface area contributed by atoms with E-state index in [1.807, 2.05) is 0 Å². The summed E-state index contributed by atoms with van der Waals surface area (Å²) in [7, 11) is 0. The molecule has 2 fully saturated rings. The lowest BCUT2D eigenvalue weighted by Crippen LogP contribution is -2.47. The molecule has 1 saturated heterocycles. The second-order valence-corrected chi connectivity index (χ2v) is 7.63. The maximum absolute atomic E-state index is 9.51. The molecule has 0 aromatic carbocycles. The molecule has 2 rings (SSSR count). The molecule has 19 heavy (non-hydrogen) atoms. The normalized spacial score (nSPS) is 36.3. The fourth-order valence-electron chi connectivity index (χ4n) is 3.85. The molecule has 2 unspecified atom stereocenters. The van der Waals surface area contributed by atoms with Crippen molar-refractivity contribution in [3.05, 3.63) is 0 Å². The predicted octanol–water partition coefficient (Wildman–Crippen LogP) is 2.38. The van der Waals surface area contributed by atoms with E-state index in [9.17, 15) is 5.11 Å². The molecule has 3 nitrogen and oxygen atoms in total. The van der Waals surface area contributed by atoms with E-state index in [0.29, 0.717) is 11.3 Å². The fraction of sp³-hybridized carbons (Fsp3) is 1.00. The third-order valence-electron chi connectivity index (χ3n) is 5.53. The average molecular weight is 268 g/mol. The maximum Gasteiger partial charge on any atom is 0.0613 e. The number of hydrogen-bond acceptors (Lipinski definition) is 3. The Morgan fingerprint density at radius 3 is 2.68 bits per heavy atom. The second-order valence-electron chi connectivity index (χ2n) is 7.63. The second kappa shape index (κ2) is 6.11. The van der Waals surface area contributed by atoms with Crippen LogP contribution >= 0.6 is 0 Å². The van der Waals surface area contributed by atoms with Crippen molar-refractivity contribution in [2.24, 2.45) is 17.1 Å². The van der Waals surface area contributed by atoms with Gasteiger partial charge >= 0.3 is 0 Å². The van der Waals surface area contributed by atoms with Crippen LogP contribution in [0.3, 0.4) is 0 Å². The van der Waals surface area contributed by atoms with Crippen LogP contribution in [0.2, 0.25) is 0 Å². The largest absolute Gasteiger partial charge is 0.394 e. The number of nitrogens with zero attached hydrogens (tertiary/aromatic N) is 1. The van der Waals surface area contributed by atoms with Crippen LogP contribution in [0.15, 0.2) is 0 Å². The Hall–Kier alpha value is -0.120. The standard InChI is InChI=1S/C16H32N2O/c1-15(2)7-4-10-18(12-9-15)11-6-14-5-3-8-16(14,17)13-19/h14,19H,3-13,17H2,1-2H3. The molecular formula is C16H32N2O. The van der Waals surface area contributed by atoms with Crippen LogP contribution < -0.4 is 5.73 Å². The zero-order valence-corrected chi connectivity index (χ0v) is 12.8. The van der Waals surface area contributed by atoms with Gasteiger partial charge in [0.05, 0.1) is 6.61 Å². The highest BCUT2D eigenvalue weighted by Gasteiger charge is 2.38. The minimum Gasteiger partial charge on any atom is -0.394 e. The zero-order chi connectivity index (χ0) is 13.9. The summed E-state index contributed by atoms with van der Waals surface area (Å²) in [4.78, 5) is 2.62. The van der Waals surface area contributed by atoms with E-state index in [0.717, 1.165) is 12.8 Å². The van der Waals surface area contributed by atoms with Crippen LogP contribution in [-0.2, 0) is 0 Å². The molecule has 0 amide bonds. The summed E-state index contributed by atoms with van der Waals surface area (Å²) in [5.74, 6) is 0.522. The Kier molecular flexibility index (Phi) is 4.91. The first-order chi connectivity index (χ1) is 8.95. The summed E-state index contributed by atoms with van der Waals surface area (Å²) < 4.78 is 0. The molecule has 1 heterocycles. The predicted molar refractivity (Wildman–Crippen MR) is 80.0 cm³/mol. The average Bonchev–Trinajstić information content (AvgIpc) is 2.64. The number of hydrogen-bond donors (Lipinski definition) is 2. The topological polar surface area (TPSA) is 49.5 Å². The van der Waals surface area contributed by atoms with E-state index in [4.69, 9.17) is 5.73 Å². The SMILES string of the molecule is CC1(C)CCCN(CCC2CCCC2(N)CO)CC1. The summed E-state index contributed by atoms with van der Waals surface area (Å²) in [6.45, 7) is 8.59. The van der Waals surface area contributed by atoms with Crippen LogP contribution in [0.5, 0.6) is 0 Å². The van der Waals surface area contributed by atoms with Crippen molar-refractivity contribution in [3.63, 3.8) is 0 Å². The quantitative estimate of drug-likeness (QED) is 0.823. The molecule has 1 saturated carbocycles. The van der Waals surface area contributed by atoms with Gasteiger partial charge in [-0.25, -0.2) is 0 Å². The van der Waals surface area contributed by atoms with Crippen LogP contribution in [0, 0.1) is 11.3 Å². The lowest BCUT2D eigenvalue weighted by Gasteiger charge is -2.31. The van der Waals surface area contributed by atoms with Gasteiger partial charge in [0.25, 0.3) is 0 Å². The Morgan fingerprint density at radius 2 is 1.95 bits per heavy atom. The third kappa shape index (κ3) is 3.93. The van der Waals surface area contributed by atoms with Gasteiger partial charge in [-0.15, -0.1) is 0 Å². The monoisotopic (exact) mass is 268 g/mol. The molecule has 3 N–H and O–H groups in total. The van der Waals surface area contributed by atoms with Gasteiger partial charge in [0, 0.05) is 5.54 Å². The number of aliphatic hydroxyl groups is 1. The Morgan fingerprint density at radius 1 is 1.16 bits per heavy atom. The smallest absolute Gasteiger partial charge is 0.0613 e. The fourth-order valence-corrected chi connectivity index (χ4v) is 3.85. The number of nitrogens with two attached hydrogens (primary N) is 1. The van der Waals surface area contributed by atoms with Gasteiger partial charge in [-0.05, 0) is 69.5 Å². The molecule has 3 heteroatoms. The first-order valence-electron chi connectivity index (χ1n) is 8.07. The molecule has 2 atom stereocenters. The van der Waals surface area contributed by atoms with Gasteiger partial charge in [-0.3, -0.25) is 0 Å².